The van der Waals surface area contributed by atoms with E-state index in [2.05, 4.69) is 29.0 Å². The Hall–Kier alpha value is -1.62. The second-order valence-corrected chi connectivity index (χ2v) is 6.38. The Kier molecular flexibility index (Phi) is 3.61. The molecular weight excluding hydrogens is 266 g/mol. The molecule has 1 aromatic rings. The molecule has 0 aromatic carbocycles. The van der Waals surface area contributed by atoms with Gasteiger partial charge in [-0.1, -0.05) is 0 Å². The largest absolute Gasteiger partial charge is 0.462 e. The molecule has 2 unspecified atom stereocenters. The average Bonchev–Trinajstić information content (AvgIpc) is 3.02. The van der Waals surface area contributed by atoms with Gasteiger partial charge in [-0.25, -0.2) is 9.78 Å². The fraction of sp³-hybridized carbons (Fsp3) is 0.625. The molecule has 21 heavy (non-hydrogen) atoms. The second kappa shape index (κ2) is 5.30. The first-order valence-electron chi connectivity index (χ1n) is 7.66. The van der Waals surface area contributed by atoms with Gasteiger partial charge >= 0.3 is 5.97 Å². The van der Waals surface area contributed by atoms with Gasteiger partial charge in [-0.3, -0.25) is 0 Å². The van der Waals surface area contributed by atoms with Crippen molar-refractivity contribution in [3.8, 4) is 0 Å². The van der Waals surface area contributed by atoms with Crippen LogP contribution in [0.3, 0.4) is 0 Å². The Labute approximate surface area is 125 Å². The van der Waals surface area contributed by atoms with Gasteiger partial charge in [0, 0.05) is 31.4 Å². The summed E-state index contributed by atoms with van der Waals surface area (Å²) < 4.78 is 5.17. The molecule has 2 atom stereocenters. The van der Waals surface area contributed by atoms with Crippen molar-refractivity contribution in [3.05, 3.63) is 23.9 Å². The first kappa shape index (κ1) is 14.3. The van der Waals surface area contributed by atoms with Crippen LogP contribution < -0.4 is 10.2 Å². The Morgan fingerprint density at radius 2 is 2.33 bits per heavy atom. The minimum absolute atomic E-state index is 0.0102. The molecule has 3 rings (SSSR count). The highest BCUT2D eigenvalue weighted by atomic mass is 16.5. The van der Waals surface area contributed by atoms with Crippen molar-refractivity contribution in [2.24, 2.45) is 11.8 Å². The summed E-state index contributed by atoms with van der Waals surface area (Å²) in [6, 6.07) is 3.60. The smallest absolute Gasteiger partial charge is 0.341 e. The zero-order valence-electron chi connectivity index (χ0n) is 12.9. The summed E-state index contributed by atoms with van der Waals surface area (Å²) in [7, 11) is 0. The maximum Gasteiger partial charge on any atom is 0.341 e. The maximum absolute atomic E-state index is 12.2. The van der Waals surface area contributed by atoms with Gasteiger partial charge in [0.05, 0.1) is 6.61 Å². The quantitative estimate of drug-likeness (QED) is 0.858. The topological polar surface area (TPSA) is 54.5 Å². The molecule has 0 spiro atoms. The van der Waals surface area contributed by atoms with Crippen molar-refractivity contribution in [2.75, 3.05) is 31.1 Å². The van der Waals surface area contributed by atoms with E-state index in [1.807, 2.05) is 13.0 Å². The van der Waals surface area contributed by atoms with E-state index in [-0.39, 0.29) is 11.5 Å². The number of hydrogen-bond acceptors (Lipinski definition) is 5. The van der Waals surface area contributed by atoms with Gasteiger partial charge in [-0.05, 0) is 44.7 Å². The SMILES string of the molecule is CCOC(=O)c1cccnc1N1CC2CNCC2C1(C)C. The van der Waals surface area contributed by atoms with E-state index in [9.17, 15) is 4.79 Å². The summed E-state index contributed by atoms with van der Waals surface area (Å²) in [5, 5.41) is 3.47. The minimum Gasteiger partial charge on any atom is -0.462 e. The molecule has 3 heterocycles. The van der Waals surface area contributed by atoms with Crippen LogP contribution in [-0.4, -0.2) is 42.7 Å². The average molecular weight is 289 g/mol. The molecule has 5 heteroatoms. The van der Waals surface area contributed by atoms with Crippen molar-refractivity contribution < 1.29 is 9.53 Å². The predicted molar refractivity (Wildman–Crippen MR) is 81.5 cm³/mol. The first-order chi connectivity index (χ1) is 10.1. The molecule has 0 radical (unpaired) electrons. The molecule has 114 valence electrons. The molecule has 2 aliphatic heterocycles. The van der Waals surface area contributed by atoms with Crippen LogP contribution >= 0.6 is 0 Å². The third-order valence-electron chi connectivity index (χ3n) is 4.90. The van der Waals surface area contributed by atoms with Crippen LogP contribution in [0.15, 0.2) is 18.3 Å². The number of nitrogens with one attached hydrogen (secondary N) is 1. The third kappa shape index (κ3) is 2.29. The highest BCUT2D eigenvalue weighted by Crippen LogP contribution is 2.43. The number of nitrogens with zero attached hydrogens (tertiary/aromatic N) is 2. The summed E-state index contributed by atoms with van der Waals surface area (Å²) in [6.07, 6.45) is 1.75. The number of ether oxygens (including phenoxy) is 1. The normalized spacial score (nSPS) is 26.7. The molecular formula is C16H23N3O2. The fourth-order valence-electron chi connectivity index (χ4n) is 3.76. The molecule has 2 fully saturated rings. The lowest BCUT2D eigenvalue weighted by molar-refractivity contribution is 0.0526. The zero-order valence-corrected chi connectivity index (χ0v) is 12.9. The van der Waals surface area contributed by atoms with Gasteiger partial charge in [-0.2, -0.15) is 0 Å². The number of rotatable bonds is 3. The number of carbonyl (C=O) groups is 1. The van der Waals surface area contributed by atoms with Gasteiger partial charge in [-0.15, -0.1) is 0 Å². The summed E-state index contributed by atoms with van der Waals surface area (Å²) in [4.78, 5) is 19.0. The Morgan fingerprint density at radius 3 is 3.05 bits per heavy atom. The highest BCUT2D eigenvalue weighted by molar-refractivity contribution is 5.95. The summed E-state index contributed by atoms with van der Waals surface area (Å²) in [5.74, 6) is 1.69. The maximum atomic E-state index is 12.2. The number of aromatic nitrogens is 1. The monoisotopic (exact) mass is 289 g/mol. The zero-order chi connectivity index (χ0) is 15.0. The molecule has 0 amide bonds. The molecule has 1 N–H and O–H groups in total. The van der Waals surface area contributed by atoms with E-state index in [1.54, 1.807) is 12.3 Å². The van der Waals surface area contributed by atoms with Crippen molar-refractivity contribution in [2.45, 2.75) is 26.3 Å². The van der Waals surface area contributed by atoms with Crippen LogP contribution in [0.5, 0.6) is 0 Å². The molecule has 0 aliphatic carbocycles. The van der Waals surface area contributed by atoms with E-state index >= 15 is 0 Å². The Balaban J connectivity index is 1.96. The first-order valence-corrected chi connectivity index (χ1v) is 7.66. The number of carbonyl (C=O) groups excluding carboxylic acids is 1. The summed E-state index contributed by atoms with van der Waals surface area (Å²) in [5.41, 5.74) is 0.560. The number of hydrogen-bond donors (Lipinski definition) is 1. The lowest BCUT2D eigenvalue weighted by Crippen LogP contribution is -2.45. The van der Waals surface area contributed by atoms with Crippen molar-refractivity contribution >= 4 is 11.8 Å². The minimum atomic E-state index is -0.286. The van der Waals surface area contributed by atoms with Crippen LogP contribution in [-0.2, 0) is 4.74 Å². The van der Waals surface area contributed by atoms with Crippen molar-refractivity contribution in [1.29, 1.82) is 0 Å². The summed E-state index contributed by atoms with van der Waals surface area (Å²) >= 11 is 0. The number of anilines is 1. The van der Waals surface area contributed by atoms with E-state index < -0.39 is 0 Å². The number of pyridine rings is 1. The molecule has 2 saturated heterocycles. The molecule has 2 aliphatic rings. The van der Waals surface area contributed by atoms with E-state index in [0.29, 0.717) is 24.0 Å². The summed E-state index contributed by atoms with van der Waals surface area (Å²) in [6.45, 7) is 9.72. The predicted octanol–water partition coefficient (Wildman–Crippen LogP) is 1.69. The lowest BCUT2D eigenvalue weighted by Gasteiger charge is -2.37. The Morgan fingerprint density at radius 1 is 1.52 bits per heavy atom. The standard InChI is InChI=1S/C16H23N3O2/c1-4-21-15(20)12-6-5-7-18-14(12)19-10-11-8-17-9-13(11)16(19,2)3/h5-7,11,13,17H,4,8-10H2,1-3H3. The van der Waals surface area contributed by atoms with Crippen molar-refractivity contribution in [1.82, 2.24) is 10.3 Å². The van der Waals surface area contributed by atoms with E-state index in [1.165, 1.54) is 0 Å². The van der Waals surface area contributed by atoms with Gasteiger partial charge in [0.1, 0.15) is 11.4 Å². The van der Waals surface area contributed by atoms with Crippen LogP contribution in [0.2, 0.25) is 0 Å². The lowest BCUT2D eigenvalue weighted by atomic mass is 9.85. The fourth-order valence-corrected chi connectivity index (χ4v) is 3.76. The Bertz CT molecular complexity index is 544. The van der Waals surface area contributed by atoms with Crippen molar-refractivity contribution in [3.63, 3.8) is 0 Å². The number of esters is 1. The van der Waals surface area contributed by atoms with E-state index in [0.717, 1.165) is 25.5 Å². The molecule has 0 saturated carbocycles. The molecule has 5 nitrogen and oxygen atoms in total. The van der Waals surface area contributed by atoms with Gasteiger partial charge in [0.2, 0.25) is 0 Å². The van der Waals surface area contributed by atoms with Gasteiger partial charge < -0.3 is 15.0 Å². The van der Waals surface area contributed by atoms with Crippen LogP contribution in [0.1, 0.15) is 31.1 Å². The highest BCUT2D eigenvalue weighted by Gasteiger charge is 2.50. The van der Waals surface area contributed by atoms with Gasteiger partial charge in [0.15, 0.2) is 0 Å². The van der Waals surface area contributed by atoms with E-state index in [4.69, 9.17) is 4.74 Å². The second-order valence-electron chi connectivity index (χ2n) is 6.38. The number of fused-ring (bicyclic) bond motifs is 1. The third-order valence-corrected chi connectivity index (χ3v) is 4.90. The van der Waals surface area contributed by atoms with Crippen LogP contribution in [0, 0.1) is 11.8 Å². The molecule has 1 aromatic heterocycles. The van der Waals surface area contributed by atoms with Gasteiger partial charge in [0.25, 0.3) is 0 Å². The van der Waals surface area contributed by atoms with Crippen LogP contribution in [0.25, 0.3) is 0 Å². The molecule has 0 bridgehead atoms. The van der Waals surface area contributed by atoms with Crippen LogP contribution in [0.4, 0.5) is 5.82 Å².